The van der Waals surface area contributed by atoms with E-state index in [1.54, 1.807) is 14.1 Å². The minimum absolute atomic E-state index is 0.0537. The summed E-state index contributed by atoms with van der Waals surface area (Å²) < 4.78 is 0. The zero-order valence-electron chi connectivity index (χ0n) is 12.5. The number of hydrogen-bond acceptors (Lipinski definition) is 3. The molecule has 1 aliphatic rings. The molecule has 1 aliphatic carbocycles. The van der Waals surface area contributed by atoms with Crippen LogP contribution < -0.4 is 11.1 Å². The van der Waals surface area contributed by atoms with Gasteiger partial charge in [0, 0.05) is 26.6 Å². The highest BCUT2D eigenvalue weighted by Gasteiger charge is 2.31. The maximum absolute atomic E-state index is 12.0. The highest BCUT2D eigenvalue weighted by molar-refractivity contribution is 5.87. The number of amides is 2. The SMILES string of the molecule is CC(C)CC(NC(=O)CC(N)C1CC1)C(=O)N(C)C. The summed E-state index contributed by atoms with van der Waals surface area (Å²) in [6, 6.07) is -0.497. The molecule has 0 radical (unpaired) electrons. The van der Waals surface area contributed by atoms with Crippen molar-refractivity contribution in [3.8, 4) is 0 Å². The Kier molecular flexibility index (Phi) is 5.79. The summed E-state index contributed by atoms with van der Waals surface area (Å²) in [5.41, 5.74) is 5.94. The van der Waals surface area contributed by atoms with Gasteiger partial charge < -0.3 is 16.0 Å². The zero-order chi connectivity index (χ0) is 14.6. The van der Waals surface area contributed by atoms with Gasteiger partial charge in [0.15, 0.2) is 0 Å². The average molecular weight is 269 g/mol. The van der Waals surface area contributed by atoms with Crippen LogP contribution in [0.15, 0.2) is 0 Å². The lowest BCUT2D eigenvalue weighted by atomic mass is 10.0. The molecule has 5 heteroatoms. The third-order valence-corrected chi connectivity index (χ3v) is 3.43. The number of nitrogens with one attached hydrogen (secondary N) is 1. The van der Waals surface area contributed by atoms with Gasteiger partial charge in [0.05, 0.1) is 0 Å². The first-order chi connectivity index (χ1) is 8.81. The molecule has 2 amide bonds. The van der Waals surface area contributed by atoms with Crippen molar-refractivity contribution in [1.29, 1.82) is 0 Å². The van der Waals surface area contributed by atoms with Gasteiger partial charge in [-0.15, -0.1) is 0 Å². The molecule has 1 fully saturated rings. The van der Waals surface area contributed by atoms with Crippen molar-refractivity contribution in [2.24, 2.45) is 17.6 Å². The Hall–Kier alpha value is -1.10. The van der Waals surface area contributed by atoms with Crippen molar-refractivity contribution in [3.63, 3.8) is 0 Å². The second-order valence-corrected chi connectivity index (χ2v) is 6.19. The standard InChI is InChI=1S/C14H27N3O2/c1-9(2)7-12(14(19)17(3)4)16-13(18)8-11(15)10-5-6-10/h9-12H,5-8,15H2,1-4H3,(H,16,18). The summed E-state index contributed by atoms with van der Waals surface area (Å²) in [6.45, 7) is 4.08. The highest BCUT2D eigenvalue weighted by Crippen LogP contribution is 2.32. The van der Waals surface area contributed by atoms with Gasteiger partial charge in [-0.1, -0.05) is 13.8 Å². The number of nitrogens with two attached hydrogens (primary N) is 1. The first kappa shape index (κ1) is 16.0. The van der Waals surface area contributed by atoms with Crippen LogP contribution in [0.25, 0.3) is 0 Å². The molecule has 0 aliphatic heterocycles. The molecule has 5 nitrogen and oxygen atoms in total. The average Bonchev–Trinajstić information content (AvgIpc) is 3.09. The molecule has 110 valence electrons. The van der Waals surface area contributed by atoms with Crippen LogP contribution in [0.4, 0.5) is 0 Å². The lowest BCUT2D eigenvalue weighted by Gasteiger charge is -2.23. The van der Waals surface area contributed by atoms with Gasteiger partial charge in [-0.3, -0.25) is 9.59 Å². The molecular formula is C14H27N3O2. The molecule has 3 N–H and O–H groups in total. The molecule has 0 saturated heterocycles. The van der Waals surface area contributed by atoms with Crippen LogP contribution in [-0.4, -0.2) is 42.9 Å². The summed E-state index contributed by atoms with van der Waals surface area (Å²) in [5.74, 6) is 0.687. The molecule has 1 saturated carbocycles. The summed E-state index contributed by atoms with van der Waals surface area (Å²) in [7, 11) is 3.41. The highest BCUT2D eigenvalue weighted by atomic mass is 16.2. The number of carbonyl (C=O) groups is 2. The Morgan fingerprint density at radius 3 is 2.32 bits per heavy atom. The van der Waals surface area contributed by atoms with Crippen LogP contribution in [0.2, 0.25) is 0 Å². The normalized spacial score (nSPS) is 18.0. The predicted octanol–water partition coefficient (Wildman–Crippen LogP) is 0.733. The molecule has 2 atom stereocenters. The maximum atomic E-state index is 12.0. The first-order valence-corrected chi connectivity index (χ1v) is 7.07. The van der Waals surface area contributed by atoms with Crippen molar-refractivity contribution in [2.45, 2.75) is 51.6 Å². The van der Waals surface area contributed by atoms with Crippen LogP contribution in [0, 0.1) is 11.8 Å². The number of carbonyl (C=O) groups excluding carboxylic acids is 2. The Labute approximate surface area is 115 Å². The van der Waals surface area contributed by atoms with Gasteiger partial charge in [-0.25, -0.2) is 0 Å². The first-order valence-electron chi connectivity index (χ1n) is 7.07. The second-order valence-electron chi connectivity index (χ2n) is 6.19. The Morgan fingerprint density at radius 1 is 1.32 bits per heavy atom. The fraction of sp³-hybridized carbons (Fsp3) is 0.857. The van der Waals surface area contributed by atoms with Crippen molar-refractivity contribution < 1.29 is 9.59 Å². The lowest BCUT2D eigenvalue weighted by Crippen LogP contribution is -2.48. The van der Waals surface area contributed by atoms with E-state index in [0.717, 1.165) is 12.8 Å². The number of hydrogen-bond donors (Lipinski definition) is 2. The monoisotopic (exact) mass is 269 g/mol. The minimum atomic E-state index is -0.436. The van der Waals surface area contributed by atoms with E-state index in [0.29, 0.717) is 24.7 Å². The molecule has 0 bridgehead atoms. The topological polar surface area (TPSA) is 75.4 Å². The molecule has 0 spiro atoms. The molecule has 2 unspecified atom stereocenters. The molecule has 0 aromatic carbocycles. The Balaban J connectivity index is 2.50. The van der Waals surface area contributed by atoms with Gasteiger partial charge in [0.1, 0.15) is 6.04 Å². The van der Waals surface area contributed by atoms with Crippen LogP contribution in [0.1, 0.15) is 39.5 Å². The number of nitrogens with zero attached hydrogens (tertiary/aromatic N) is 1. The van der Waals surface area contributed by atoms with Gasteiger partial charge in [0.2, 0.25) is 11.8 Å². The van der Waals surface area contributed by atoms with E-state index in [4.69, 9.17) is 5.73 Å². The third-order valence-electron chi connectivity index (χ3n) is 3.43. The van der Waals surface area contributed by atoms with Crippen LogP contribution in [0.5, 0.6) is 0 Å². The lowest BCUT2D eigenvalue weighted by molar-refractivity contribution is -0.135. The Bertz CT molecular complexity index is 325. The van der Waals surface area contributed by atoms with E-state index in [-0.39, 0.29) is 17.9 Å². The van der Waals surface area contributed by atoms with E-state index in [1.165, 1.54) is 4.90 Å². The summed E-state index contributed by atoms with van der Waals surface area (Å²) in [5, 5.41) is 2.83. The maximum Gasteiger partial charge on any atom is 0.244 e. The minimum Gasteiger partial charge on any atom is -0.347 e. The molecule has 0 aromatic rings. The predicted molar refractivity (Wildman–Crippen MR) is 75.4 cm³/mol. The smallest absolute Gasteiger partial charge is 0.244 e. The molecular weight excluding hydrogens is 242 g/mol. The van der Waals surface area contributed by atoms with Gasteiger partial charge in [-0.05, 0) is 31.1 Å². The van der Waals surface area contributed by atoms with Crippen LogP contribution >= 0.6 is 0 Å². The molecule has 19 heavy (non-hydrogen) atoms. The van der Waals surface area contributed by atoms with Crippen molar-refractivity contribution in [3.05, 3.63) is 0 Å². The quantitative estimate of drug-likeness (QED) is 0.715. The fourth-order valence-electron chi connectivity index (χ4n) is 2.16. The fourth-order valence-corrected chi connectivity index (χ4v) is 2.16. The van der Waals surface area contributed by atoms with E-state index in [9.17, 15) is 9.59 Å². The zero-order valence-corrected chi connectivity index (χ0v) is 12.5. The summed E-state index contributed by atoms with van der Waals surface area (Å²) in [4.78, 5) is 25.5. The summed E-state index contributed by atoms with van der Waals surface area (Å²) in [6.07, 6.45) is 3.22. The van der Waals surface area contributed by atoms with Crippen LogP contribution in [0.3, 0.4) is 0 Å². The van der Waals surface area contributed by atoms with E-state index in [2.05, 4.69) is 5.32 Å². The van der Waals surface area contributed by atoms with E-state index < -0.39 is 6.04 Å². The van der Waals surface area contributed by atoms with Gasteiger partial charge >= 0.3 is 0 Å². The number of likely N-dealkylation sites (N-methyl/N-ethyl adjacent to an activating group) is 1. The largest absolute Gasteiger partial charge is 0.347 e. The van der Waals surface area contributed by atoms with Crippen molar-refractivity contribution in [2.75, 3.05) is 14.1 Å². The molecule has 1 rings (SSSR count). The molecule has 0 heterocycles. The van der Waals surface area contributed by atoms with Crippen molar-refractivity contribution >= 4 is 11.8 Å². The summed E-state index contributed by atoms with van der Waals surface area (Å²) >= 11 is 0. The third kappa shape index (κ3) is 5.59. The second kappa shape index (κ2) is 6.89. The van der Waals surface area contributed by atoms with Crippen molar-refractivity contribution in [1.82, 2.24) is 10.2 Å². The van der Waals surface area contributed by atoms with E-state index >= 15 is 0 Å². The number of rotatable bonds is 7. The van der Waals surface area contributed by atoms with E-state index in [1.807, 2.05) is 13.8 Å². The Morgan fingerprint density at radius 2 is 1.89 bits per heavy atom. The van der Waals surface area contributed by atoms with Gasteiger partial charge in [0.25, 0.3) is 0 Å². The molecule has 0 aromatic heterocycles. The van der Waals surface area contributed by atoms with Gasteiger partial charge in [-0.2, -0.15) is 0 Å². The van der Waals surface area contributed by atoms with Crippen LogP contribution in [-0.2, 0) is 9.59 Å².